The van der Waals surface area contributed by atoms with E-state index in [0.717, 1.165) is 0 Å². The van der Waals surface area contributed by atoms with Gasteiger partial charge in [-0.3, -0.25) is 9.78 Å². The van der Waals surface area contributed by atoms with E-state index < -0.39 is 6.01 Å². The highest BCUT2D eigenvalue weighted by Gasteiger charge is 1.89. The molecular formula is C4H2IN2O2-. The summed E-state index contributed by atoms with van der Waals surface area (Å²) >= 11 is 1.80. The summed E-state index contributed by atoms with van der Waals surface area (Å²) in [6, 6.07) is -0.597. The fourth-order valence-corrected chi connectivity index (χ4v) is 0.637. The first kappa shape index (κ1) is 6.53. The number of halogens is 1. The summed E-state index contributed by atoms with van der Waals surface area (Å²) in [6.45, 7) is 0. The number of aromatic amines is 1. The molecule has 0 aliphatic heterocycles. The van der Waals surface area contributed by atoms with Crippen LogP contribution in [0.2, 0.25) is 0 Å². The average molecular weight is 237 g/mol. The molecule has 48 valence electrons. The standard InChI is InChI=1S/C4H3IN2O2/c5-2-1-6-4(9)7-3(2)8/h1H,(H2,6,7,8,9)/p-1. The van der Waals surface area contributed by atoms with Crippen molar-refractivity contribution < 1.29 is 5.11 Å². The Morgan fingerprint density at radius 3 is 2.89 bits per heavy atom. The van der Waals surface area contributed by atoms with Crippen LogP contribution in [0, 0.1) is 3.57 Å². The van der Waals surface area contributed by atoms with E-state index in [9.17, 15) is 9.90 Å². The maximum absolute atomic E-state index is 10.5. The molecule has 0 saturated heterocycles. The second-order valence-electron chi connectivity index (χ2n) is 1.37. The van der Waals surface area contributed by atoms with Crippen LogP contribution in [-0.2, 0) is 0 Å². The molecule has 1 aromatic rings. The molecule has 0 saturated carbocycles. The lowest BCUT2D eigenvalue weighted by atomic mass is 10.7. The lowest BCUT2D eigenvalue weighted by molar-refractivity contribution is -0.282. The predicted octanol–water partition coefficient (Wildman–Crippen LogP) is -0.552. The molecule has 0 atom stereocenters. The van der Waals surface area contributed by atoms with Gasteiger partial charge in [0.2, 0.25) is 0 Å². The number of aromatic nitrogens is 2. The predicted molar refractivity (Wildman–Crippen MR) is 37.0 cm³/mol. The Bertz CT molecular complexity index is 270. The van der Waals surface area contributed by atoms with Crippen LogP contribution in [0.1, 0.15) is 0 Å². The van der Waals surface area contributed by atoms with Gasteiger partial charge in [-0.25, -0.2) is 0 Å². The van der Waals surface area contributed by atoms with Crippen LogP contribution in [0.3, 0.4) is 0 Å². The minimum absolute atomic E-state index is 0.379. The third kappa shape index (κ3) is 1.41. The van der Waals surface area contributed by atoms with Gasteiger partial charge in [0, 0.05) is 6.20 Å². The summed E-state index contributed by atoms with van der Waals surface area (Å²) in [5, 5.41) is 10.3. The Morgan fingerprint density at radius 1 is 1.78 bits per heavy atom. The van der Waals surface area contributed by atoms with Crippen LogP contribution >= 0.6 is 22.6 Å². The molecule has 0 aromatic carbocycles. The monoisotopic (exact) mass is 237 g/mol. The highest BCUT2D eigenvalue weighted by Crippen LogP contribution is 1.93. The Balaban J connectivity index is 3.34. The van der Waals surface area contributed by atoms with Gasteiger partial charge in [0.05, 0.1) is 9.58 Å². The van der Waals surface area contributed by atoms with Gasteiger partial charge in [0.1, 0.15) is 0 Å². The first-order valence-electron chi connectivity index (χ1n) is 2.12. The van der Waals surface area contributed by atoms with Crippen molar-refractivity contribution in [2.24, 2.45) is 0 Å². The number of hydrogen-bond donors (Lipinski definition) is 1. The molecule has 0 fully saturated rings. The second-order valence-corrected chi connectivity index (χ2v) is 2.53. The maximum Gasteiger partial charge on any atom is 0.263 e. The van der Waals surface area contributed by atoms with Crippen LogP contribution in [0.15, 0.2) is 11.0 Å². The van der Waals surface area contributed by atoms with E-state index in [1.807, 2.05) is 4.98 Å². The van der Waals surface area contributed by atoms with Crippen LogP contribution in [0.5, 0.6) is 6.01 Å². The van der Waals surface area contributed by atoms with Gasteiger partial charge in [-0.1, -0.05) is 0 Å². The van der Waals surface area contributed by atoms with Crippen molar-refractivity contribution in [3.63, 3.8) is 0 Å². The van der Waals surface area contributed by atoms with Gasteiger partial charge in [-0.2, -0.15) is 0 Å². The Kier molecular flexibility index (Phi) is 1.70. The van der Waals surface area contributed by atoms with Crippen molar-refractivity contribution >= 4 is 22.6 Å². The lowest BCUT2D eigenvalue weighted by Gasteiger charge is -1.99. The zero-order chi connectivity index (χ0) is 6.85. The molecule has 1 N–H and O–H groups in total. The average Bonchev–Trinajstić information content (AvgIpc) is 1.80. The van der Waals surface area contributed by atoms with Crippen molar-refractivity contribution in [1.82, 2.24) is 9.97 Å². The molecule has 0 aliphatic carbocycles. The third-order valence-corrected chi connectivity index (χ3v) is 1.50. The van der Waals surface area contributed by atoms with Crippen LogP contribution < -0.4 is 10.7 Å². The second kappa shape index (κ2) is 2.34. The number of H-pyrrole nitrogens is 1. The highest BCUT2D eigenvalue weighted by molar-refractivity contribution is 14.1. The molecule has 9 heavy (non-hydrogen) atoms. The topological polar surface area (TPSA) is 68.8 Å². The Hall–Kier alpha value is -0.590. The molecule has 0 aliphatic rings. The minimum atomic E-state index is -0.597. The van der Waals surface area contributed by atoms with E-state index in [1.165, 1.54) is 6.20 Å². The van der Waals surface area contributed by atoms with Crippen molar-refractivity contribution in [2.45, 2.75) is 0 Å². The molecule has 0 bridgehead atoms. The van der Waals surface area contributed by atoms with Crippen molar-refractivity contribution in [2.75, 3.05) is 0 Å². The molecule has 0 amide bonds. The van der Waals surface area contributed by atoms with E-state index in [2.05, 4.69) is 4.98 Å². The zero-order valence-electron chi connectivity index (χ0n) is 4.22. The van der Waals surface area contributed by atoms with Gasteiger partial charge in [0.25, 0.3) is 5.56 Å². The van der Waals surface area contributed by atoms with Crippen molar-refractivity contribution in [3.8, 4) is 6.01 Å². The molecule has 0 unspecified atom stereocenters. The Morgan fingerprint density at radius 2 is 2.44 bits per heavy atom. The summed E-state index contributed by atoms with van der Waals surface area (Å²) in [5.74, 6) is 0. The molecule has 4 nitrogen and oxygen atoms in total. The third-order valence-electron chi connectivity index (χ3n) is 0.733. The molecule has 1 heterocycles. The van der Waals surface area contributed by atoms with Crippen molar-refractivity contribution in [3.05, 3.63) is 20.1 Å². The van der Waals surface area contributed by atoms with Gasteiger partial charge in [-0.05, 0) is 22.6 Å². The van der Waals surface area contributed by atoms with E-state index in [4.69, 9.17) is 0 Å². The van der Waals surface area contributed by atoms with Gasteiger partial charge >= 0.3 is 0 Å². The fourth-order valence-electron chi connectivity index (χ4n) is 0.363. The fraction of sp³-hybridized carbons (Fsp3) is 0. The highest BCUT2D eigenvalue weighted by atomic mass is 127. The quantitative estimate of drug-likeness (QED) is 0.615. The number of rotatable bonds is 0. The number of nitrogens with zero attached hydrogens (tertiary/aromatic N) is 1. The molecule has 1 aromatic heterocycles. The molecular weight excluding hydrogens is 235 g/mol. The van der Waals surface area contributed by atoms with E-state index in [1.54, 1.807) is 22.6 Å². The van der Waals surface area contributed by atoms with Crippen LogP contribution in [0.4, 0.5) is 0 Å². The SMILES string of the molecule is O=c1[nH]c([O-])ncc1I. The van der Waals surface area contributed by atoms with Gasteiger partial charge < -0.3 is 10.1 Å². The summed E-state index contributed by atoms with van der Waals surface area (Å²) < 4.78 is 0.423. The van der Waals surface area contributed by atoms with Crippen molar-refractivity contribution in [1.29, 1.82) is 0 Å². The van der Waals surface area contributed by atoms with Crippen LogP contribution in [-0.4, -0.2) is 9.97 Å². The van der Waals surface area contributed by atoms with Gasteiger partial charge in [0.15, 0.2) is 0 Å². The Labute approximate surface area is 64.1 Å². The summed E-state index contributed by atoms with van der Waals surface area (Å²) in [4.78, 5) is 15.9. The minimum Gasteiger partial charge on any atom is -0.846 e. The normalized spacial score (nSPS) is 9.44. The zero-order valence-corrected chi connectivity index (χ0v) is 6.38. The summed E-state index contributed by atoms with van der Waals surface area (Å²) in [5.41, 5.74) is -0.379. The van der Waals surface area contributed by atoms with E-state index in [0.29, 0.717) is 3.57 Å². The maximum atomic E-state index is 10.5. The van der Waals surface area contributed by atoms with Crippen LogP contribution in [0.25, 0.3) is 0 Å². The molecule has 0 spiro atoms. The molecule has 1 rings (SSSR count). The van der Waals surface area contributed by atoms with Gasteiger partial charge in [-0.15, -0.1) is 0 Å². The summed E-state index contributed by atoms with van der Waals surface area (Å²) in [7, 11) is 0. The smallest absolute Gasteiger partial charge is 0.263 e. The number of nitrogens with one attached hydrogen (secondary N) is 1. The van der Waals surface area contributed by atoms with E-state index >= 15 is 0 Å². The first-order chi connectivity index (χ1) is 4.20. The number of hydrogen-bond acceptors (Lipinski definition) is 3. The molecule has 0 radical (unpaired) electrons. The lowest BCUT2D eigenvalue weighted by Crippen LogP contribution is -2.13. The summed E-state index contributed by atoms with van der Waals surface area (Å²) in [6.07, 6.45) is 1.24. The molecule has 5 heteroatoms. The largest absolute Gasteiger partial charge is 0.846 e. The van der Waals surface area contributed by atoms with E-state index in [-0.39, 0.29) is 5.56 Å². The first-order valence-corrected chi connectivity index (χ1v) is 3.20.